The minimum absolute atomic E-state index is 0.673. The van der Waals surface area contributed by atoms with Crippen molar-refractivity contribution in [2.24, 2.45) is 0 Å². The molecule has 0 saturated heterocycles. The lowest BCUT2D eigenvalue weighted by Gasteiger charge is -2.34. The summed E-state index contributed by atoms with van der Waals surface area (Å²) in [6.45, 7) is -0.656. The Morgan fingerprint density at radius 1 is 0.351 bits per heavy atom. The molecule has 0 N–H and O–H groups in total. The molecular weight excluding hydrogens is 569 g/mol. The quantitative estimate of drug-likeness (QED) is 0.140. The molecule has 0 atom stereocenters. The first-order valence-corrected chi connectivity index (χ1v) is 11.2. The summed E-state index contributed by atoms with van der Waals surface area (Å²) in [5, 5.41) is -8.17. The molecule has 0 radical (unpaired) electrons. The summed E-state index contributed by atoms with van der Waals surface area (Å²) in [6.07, 6.45) is 0. The molecule has 0 aliphatic rings. The Balaban J connectivity index is 2.86. The number of hydrogen-bond acceptors (Lipinski definition) is 1. The average Bonchev–Trinajstić information content (AvgIpc) is 2.86. The van der Waals surface area contributed by atoms with Gasteiger partial charge in [0.05, 0.1) is 15.6 Å². The molecule has 0 fully saturated rings. The summed E-state index contributed by atoms with van der Waals surface area (Å²) in [7, 11) is -7.14. The van der Waals surface area contributed by atoms with Gasteiger partial charge >= 0.3 is 8.32 Å². The minimum atomic E-state index is -7.14. The summed E-state index contributed by atoms with van der Waals surface area (Å²) in [5.74, 6) is -45.8. The molecule has 0 aliphatic carbocycles. The van der Waals surface area contributed by atoms with Crippen molar-refractivity contribution in [3.8, 4) is 0 Å². The highest BCUT2D eigenvalue weighted by atomic mass is 28.4. The molecule has 3 aromatic carbocycles. The highest BCUT2D eigenvalue weighted by Gasteiger charge is 2.57. The van der Waals surface area contributed by atoms with Gasteiger partial charge in [-0.2, -0.15) is 0 Å². The standard InChI is InChI=1S/C20H5F15OSi/c1-2-36-37(18-12(30)6(24)3(21)7(25)13(18)31,19-14(32)8(26)4(22)9(27)15(19)33)20-16(34)10(28)5(23)11(29)17(20)35/h2H2,1H3. The Morgan fingerprint density at radius 3 is 0.676 bits per heavy atom. The van der Waals surface area contributed by atoms with E-state index in [2.05, 4.69) is 4.43 Å². The van der Waals surface area contributed by atoms with Crippen molar-refractivity contribution in [1.82, 2.24) is 0 Å². The maximum absolute atomic E-state index is 14.9. The number of halogens is 15. The fourth-order valence-electron chi connectivity index (χ4n) is 3.55. The van der Waals surface area contributed by atoms with Gasteiger partial charge in [-0.05, 0) is 6.92 Å². The van der Waals surface area contributed by atoms with E-state index in [-0.39, 0.29) is 0 Å². The van der Waals surface area contributed by atoms with Gasteiger partial charge < -0.3 is 4.43 Å². The van der Waals surface area contributed by atoms with Crippen molar-refractivity contribution in [2.45, 2.75) is 6.92 Å². The Morgan fingerprint density at radius 2 is 0.514 bits per heavy atom. The Hall–Kier alpha value is -3.21. The number of rotatable bonds is 5. The first-order valence-electron chi connectivity index (χ1n) is 9.28. The molecule has 0 spiro atoms. The summed E-state index contributed by atoms with van der Waals surface area (Å²) in [6, 6.07) is 0. The van der Waals surface area contributed by atoms with Crippen LogP contribution < -0.4 is 15.6 Å². The van der Waals surface area contributed by atoms with E-state index in [0.717, 1.165) is 0 Å². The van der Waals surface area contributed by atoms with Crippen LogP contribution in [0, 0.1) is 87.3 Å². The summed E-state index contributed by atoms with van der Waals surface area (Å²) in [5.41, 5.74) is 0. The van der Waals surface area contributed by atoms with Crippen molar-refractivity contribution in [2.75, 3.05) is 6.61 Å². The molecule has 0 saturated carbocycles. The SMILES string of the molecule is CCO[Si](c1c(F)c(F)c(F)c(F)c1F)(c1c(F)c(F)c(F)c(F)c1F)c1c(F)c(F)c(F)c(F)c1F. The van der Waals surface area contributed by atoms with Crippen LogP contribution in [0.4, 0.5) is 65.9 Å². The second kappa shape index (κ2) is 9.59. The van der Waals surface area contributed by atoms with Crippen LogP contribution in [0.1, 0.15) is 6.92 Å². The topological polar surface area (TPSA) is 9.23 Å². The van der Waals surface area contributed by atoms with Gasteiger partial charge in [-0.15, -0.1) is 0 Å². The smallest absolute Gasteiger partial charge is 0.306 e. The fourth-order valence-corrected chi connectivity index (χ4v) is 7.68. The summed E-state index contributed by atoms with van der Waals surface area (Å²) >= 11 is 0. The first kappa shape index (κ1) is 28.4. The van der Waals surface area contributed by atoms with Crippen LogP contribution in [0.2, 0.25) is 0 Å². The Bertz CT molecular complexity index is 1200. The lowest BCUT2D eigenvalue weighted by molar-refractivity contribution is 0.329. The molecule has 3 aromatic rings. The minimum Gasteiger partial charge on any atom is -0.404 e. The second-order valence-corrected chi connectivity index (χ2v) is 10.1. The monoisotopic (exact) mass is 574 g/mol. The predicted octanol–water partition coefficient (Wildman–Crippen LogP) is 4.78. The lowest BCUT2D eigenvalue weighted by Crippen LogP contribution is -2.75. The van der Waals surface area contributed by atoms with Gasteiger partial charge in [0.15, 0.2) is 69.8 Å². The van der Waals surface area contributed by atoms with Gasteiger partial charge in [-0.25, -0.2) is 65.9 Å². The van der Waals surface area contributed by atoms with Crippen LogP contribution in [0.3, 0.4) is 0 Å². The molecule has 37 heavy (non-hydrogen) atoms. The lowest BCUT2D eigenvalue weighted by atomic mass is 10.3. The summed E-state index contributed by atoms with van der Waals surface area (Å²) in [4.78, 5) is 0. The molecule has 3 rings (SSSR count). The van der Waals surface area contributed by atoms with Gasteiger partial charge in [-0.3, -0.25) is 0 Å². The molecule has 0 heterocycles. The molecule has 0 amide bonds. The van der Waals surface area contributed by atoms with Crippen LogP contribution in [0.25, 0.3) is 0 Å². The van der Waals surface area contributed by atoms with Crippen LogP contribution in [-0.4, -0.2) is 14.9 Å². The maximum Gasteiger partial charge on any atom is 0.306 e. The van der Waals surface area contributed by atoms with E-state index in [4.69, 9.17) is 0 Å². The van der Waals surface area contributed by atoms with Crippen molar-refractivity contribution in [3.05, 3.63) is 87.3 Å². The van der Waals surface area contributed by atoms with E-state index < -0.39 is 118 Å². The number of hydrogen-bond donors (Lipinski definition) is 0. The Kier molecular flexibility index (Phi) is 7.35. The maximum atomic E-state index is 14.9. The van der Waals surface area contributed by atoms with Gasteiger partial charge in [-0.1, -0.05) is 0 Å². The molecule has 0 aromatic heterocycles. The van der Waals surface area contributed by atoms with Crippen LogP contribution in [0.15, 0.2) is 0 Å². The molecule has 0 bridgehead atoms. The van der Waals surface area contributed by atoms with Crippen molar-refractivity contribution < 1.29 is 70.3 Å². The molecule has 17 heteroatoms. The van der Waals surface area contributed by atoms with E-state index in [1.54, 1.807) is 0 Å². The average molecular weight is 574 g/mol. The van der Waals surface area contributed by atoms with E-state index in [1.165, 1.54) is 0 Å². The van der Waals surface area contributed by atoms with E-state index in [0.29, 0.717) is 6.92 Å². The molecule has 200 valence electrons. The molecular formula is C20H5F15OSi. The van der Waals surface area contributed by atoms with Crippen LogP contribution in [-0.2, 0) is 4.43 Å². The summed E-state index contributed by atoms with van der Waals surface area (Å²) < 4.78 is 219. The zero-order valence-corrected chi connectivity index (χ0v) is 18.3. The van der Waals surface area contributed by atoms with E-state index >= 15 is 0 Å². The van der Waals surface area contributed by atoms with Gasteiger partial charge in [0.25, 0.3) is 0 Å². The highest BCUT2D eigenvalue weighted by Crippen LogP contribution is 2.28. The van der Waals surface area contributed by atoms with Gasteiger partial charge in [0, 0.05) is 6.61 Å². The van der Waals surface area contributed by atoms with E-state index in [1.807, 2.05) is 0 Å². The zero-order valence-electron chi connectivity index (χ0n) is 17.3. The van der Waals surface area contributed by atoms with Crippen molar-refractivity contribution in [1.29, 1.82) is 0 Å². The van der Waals surface area contributed by atoms with Crippen LogP contribution in [0.5, 0.6) is 0 Å². The van der Waals surface area contributed by atoms with Gasteiger partial charge in [0.2, 0.25) is 17.5 Å². The molecule has 1 nitrogen and oxygen atoms in total. The predicted molar refractivity (Wildman–Crippen MR) is 95.0 cm³/mol. The molecule has 0 aliphatic heterocycles. The third kappa shape index (κ3) is 3.77. The van der Waals surface area contributed by atoms with E-state index in [9.17, 15) is 65.9 Å². The highest BCUT2D eigenvalue weighted by molar-refractivity contribution is 7.07. The zero-order chi connectivity index (χ0) is 28.3. The van der Waals surface area contributed by atoms with Crippen LogP contribution >= 0.6 is 0 Å². The number of benzene rings is 3. The van der Waals surface area contributed by atoms with Crippen molar-refractivity contribution in [3.63, 3.8) is 0 Å². The third-order valence-corrected chi connectivity index (χ3v) is 9.20. The second-order valence-electron chi connectivity index (χ2n) is 6.95. The normalized spacial score (nSPS) is 12.0. The third-order valence-electron chi connectivity index (χ3n) is 5.05. The Labute approximate surface area is 195 Å². The fraction of sp³-hybridized carbons (Fsp3) is 0.100. The largest absolute Gasteiger partial charge is 0.404 e. The first-order chi connectivity index (χ1) is 17.1. The van der Waals surface area contributed by atoms with Gasteiger partial charge in [0.1, 0.15) is 0 Å². The van der Waals surface area contributed by atoms with Crippen molar-refractivity contribution >= 4 is 23.9 Å². The molecule has 0 unspecified atom stereocenters.